The Bertz CT molecular complexity index is 567. The van der Waals surface area contributed by atoms with E-state index in [4.69, 9.17) is 11.6 Å². The summed E-state index contributed by atoms with van der Waals surface area (Å²) >= 11 is 4.93. The predicted octanol–water partition coefficient (Wildman–Crippen LogP) is 1.56. The molecule has 0 saturated carbocycles. The average Bonchev–Trinajstić information content (AvgIpc) is 2.13. The number of carbonyl (C=O) groups is 1. The van der Waals surface area contributed by atoms with E-state index in [2.05, 4.69) is 4.74 Å². The Labute approximate surface area is 100 Å². The van der Waals surface area contributed by atoms with Crippen LogP contribution >= 0.6 is 11.6 Å². The summed E-state index contributed by atoms with van der Waals surface area (Å²) in [5.41, 5.74) is -3.99. The molecule has 0 saturated heterocycles. The molecule has 1 N–H and O–H groups in total. The van der Waals surface area contributed by atoms with E-state index in [0.29, 0.717) is 6.20 Å². The van der Waals surface area contributed by atoms with Crippen molar-refractivity contribution in [1.29, 1.82) is 0 Å². The number of nitrogens with one attached hydrogen (secondary N) is 1. The lowest BCUT2D eigenvalue weighted by atomic mass is 10.2. The van der Waals surface area contributed by atoms with Crippen LogP contribution in [0.2, 0.25) is 0 Å². The highest BCUT2D eigenvalue weighted by Gasteiger charge is 2.37. The Hall–Kier alpha value is -2.10. The van der Waals surface area contributed by atoms with Gasteiger partial charge in [0, 0.05) is 6.20 Å². The summed E-state index contributed by atoms with van der Waals surface area (Å²) in [5.74, 6) is -1.43. The lowest BCUT2D eigenvalue weighted by Gasteiger charge is -2.08. The van der Waals surface area contributed by atoms with E-state index in [0.717, 1.165) is 0 Å². The number of H-pyrrole nitrogens is 1. The summed E-state index contributed by atoms with van der Waals surface area (Å²) in [4.78, 5) is 32.8. The normalized spacial score (nSPS) is 11.1. The number of nitrogens with zero attached hydrogens (tertiary/aromatic N) is 1. The molecule has 0 aliphatic carbocycles. The Morgan fingerprint density at radius 3 is 2.44 bits per heavy atom. The second-order valence-corrected chi connectivity index (χ2v) is 3.13. The van der Waals surface area contributed by atoms with Crippen molar-refractivity contribution in [2.24, 2.45) is 0 Å². The number of aromatic amines is 1. The molecule has 0 aliphatic heterocycles. The molecule has 98 valence electrons. The largest absolute Gasteiger partial charge is 0.574 e. The third-order valence-corrected chi connectivity index (χ3v) is 1.84. The molecule has 0 spiro atoms. The van der Waals surface area contributed by atoms with Gasteiger partial charge in [0.2, 0.25) is 0 Å². The molecule has 1 rings (SSSR count). The second-order valence-electron chi connectivity index (χ2n) is 2.79. The Kier molecular flexibility index (Phi) is 3.60. The quantitative estimate of drug-likeness (QED) is 0.516. The zero-order valence-electron chi connectivity index (χ0n) is 8.08. The monoisotopic (exact) mass is 286 g/mol. The molecule has 1 aromatic heterocycles. The molecule has 0 aromatic carbocycles. The molecule has 18 heavy (non-hydrogen) atoms. The number of pyridine rings is 1. The SMILES string of the molecule is O=C(Cl)c1c[nH]c(OC(F)(F)F)c([N+](=O)[O-])c1=O. The van der Waals surface area contributed by atoms with E-state index in [1.165, 1.54) is 0 Å². The fourth-order valence-corrected chi connectivity index (χ4v) is 1.15. The van der Waals surface area contributed by atoms with Gasteiger partial charge in [-0.05, 0) is 11.6 Å². The first-order chi connectivity index (χ1) is 8.13. The first-order valence-electron chi connectivity index (χ1n) is 3.99. The van der Waals surface area contributed by atoms with Crippen molar-refractivity contribution in [3.05, 3.63) is 32.1 Å². The zero-order chi connectivity index (χ0) is 14.1. The van der Waals surface area contributed by atoms with Crippen LogP contribution in [0, 0.1) is 10.1 Å². The molecule has 0 aliphatic rings. The second kappa shape index (κ2) is 4.64. The van der Waals surface area contributed by atoms with Crippen LogP contribution < -0.4 is 10.2 Å². The predicted molar refractivity (Wildman–Crippen MR) is 50.6 cm³/mol. The number of nitro groups is 1. The van der Waals surface area contributed by atoms with Gasteiger partial charge in [0.05, 0.1) is 4.92 Å². The minimum Gasteiger partial charge on any atom is -0.382 e. The average molecular weight is 287 g/mol. The molecular formula is C7H2ClF3N2O5. The maximum atomic E-state index is 11.9. The number of halogens is 4. The third-order valence-electron chi connectivity index (χ3n) is 1.63. The summed E-state index contributed by atoms with van der Waals surface area (Å²) in [5, 5.41) is 9.14. The fraction of sp³-hybridized carbons (Fsp3) is 0.143. The fourth-order valence-electron chi connectivity index (χ4n) is 1.01. The van der Waals surface area contributed by atoms with Crippen molar-refractivity contribution in [1.82, 2.24) is 4.98 Å². The highest BCUT2D eigenvalue weighted by Crippen LogP contribution is 2.27. The van der Waals surface area contributed by atoms with Gasteiger partial charge in [-0.15, -0.1) is 13.2 Å². The van der Waals surface area contributed by atoms with Gasteiger partial charge in [0.1, 0.15) is 5.56 Å². The van der Waals surface area contributed by atoms with Gasteiger partial charge in [0.15, 0.2) is 0 Å². The lowest BCUT2D eigenvalue weighted by molar-refractivity contribution is -0.390. The van der Waals surface area contributed by atoms with E-state index in [1.807, 2.05) is 0 Å². The Morgan fingerprint density at radius 2 is 2.06 bits per heavy atom. The van der Waals surface area contributed by atoms with Gasteiger partial charge in [-0.1, -0.05) is 0 Å². The van der Waals surface area contributed by atoms with Crippen molar-refractivity contribution in [3.8, 4) is 5.88 Å². The number of aromatic nitrogens is 1. The van der Waals surface area contributed by atoms with E-state index in [9.17, 15) is 32.9 Å². The van der Waals surface area contributed by atoms with Crippen LogP contribution in [-0.4, -0.2) is 21.5 Å². The number of hydrogen-bond acceptors (Lipinski definition) is 5. The Balaban J connectivity index is 3.47. The highest BCUT2D eigenvalue weighted by atomic mass is 35.5. The summed E-state index contributed by atoms with van der Waals surface area (Å²) in [6, 6.07) is 0. The van der Waals surface area contributed by atoms with Crippen molar-refractivity contribution < 1.29 is 27.6 Å². The van der Waals surface area contributed by atoms with Crippen molar-refractivity contribution in [2.45, 2.75) is 6.36 Å². The van der Waals surface area contributed by atoms with Gasteiger partial charge >= 0.3 is 12.0 Å². The molecule has 0 atom stereocenters. The van der Waals surface area contributed by atoms with Crippen molar-refractivity contribution >= 4 is 22.5 Å². The third kappa shape index (κ3) is 2.97. The maximum absolute atomic E-state index is 11.9. The molecule has 0 radical (unpaired) electrons. The molecule has 0 fully saturated rings. The Morgan fingerprint density at radius 1 is 1.50 bits per heavy atom. The number of alkyl halides is 3. The van der Waals surface area contributed by atoms with Crippen LogP contribution in [0.25, 0.3) is 0 Å². The van der Waals surface area contributed by atoms with Crippen LogP contribution in [0.15, 0.2) is 11.0 Å². The summed E-state index contributed by atoms with van der Waals surface area (Å²) in [7, 11) is 0. The number of carbonyl (C=O) groups excluding carboxylic acids is 1. The van der Waals surface area contributed by atoms with E-state index >= 15 is 0 Å². The van der Waals surface area contributed by atoms with E-state index < -0.39 is 39.1 Å². The smallest absolute Gasteiger partial charge is 0.382 e. The minimum absolute atomic E-state index is 0.492. The van der Waals surface area contributed by atoms with Gasteiger partial charge in [-0.25, -0.2) is 0 Å². The molecule has 0 bridgehead atoms. The van der Waals surface area contributed by atoms with Gasteiger partial charge in [-0.3, -0.25) is 19.7 Å². The van der Waals surface area contributed by atoms with Crippen LogP contribution in [0.5, 0.6) is 5.88 Å². The summed E-state index contributed by atoms with van der Waals surface area (Å²) in [6.45, 7) is 0. The van der Waals surface area contributed by atoms with Gasteiger partial charge < -0.3 is 9.72 Å². The molecule has 7 nitrogen and oxygen atoms in total. The number of ether oxygens (including phenoxy) is 1. The van der Waals surface area contributed by atoms with Gasteiger partial charge in [0.25, 0.3) is 16.6 Å². The molecule has 1 aromatic rings. The topological polar surface area (TPSA) is 102 Å². The highest BCUT2D eigenvalue weighted by molar-refractivity contribution is 6.67. The molecular weight excluding hydrogens is 285 g/mol. The van der Waals surface area contributed by atoms with Crippen LogP contribution in [0.3, 0.4) is 0 Å². The molecule has 11 heteroatoms. The zero-order valence-corrected chi connectivity index (χ0v) is 8.83. The lowest BCUT2D eigenvalue weighted by Crippen LogP contribution is -2.23. The molecule has 1 heterocycles. The first-order valence-corrected chi connectivity index (χ1v) is 4.37. The van der Waals surface area contributed by atoms with Crippen LogP contribution in [0.4, 0.5) is 18.9 Å². The standard InChI is InChI=1S/C7H2ClF3N2O5/c8-5(15)2-1-12-6(18-7(9,10)11)3(4(2)14)13(16)17/h1H,(H,12,14). The summed E-state index contributed by atoms with van der Waals surface area (Å²) < 4.78 is 39.0. The van der Waals surface area contributed by atoms with Gasteiger partial charge in [-0.2, -0.15) is 0 Å². The number of rotatable bonds is 3. The summed E-state index contributed by atoms with van der Waals surface area (Å²) in [6.07, 6.45) is -4.74. The van der Waals surface area contributed by atoms with E-state index in [1.54, 1.807) is 4.98 Å². The minimum atomic E-state index is -5.24. The molecule has 0 unspecified atom stereocenters. The number of hydrogen-bond donors (Lipinski definition) is 1. The van der Waals surface area contributed by atoms with Crippen molar-refractivity contribution in [2.75, 3.05) is 0 Å². The van der Waals surface area contributed by atoms with Crippen LogP contribution in [0.1, 0.15) is 10.4 Å². The van der Waals surface area contributed by atoms with E-state index in [-0.39, 0.29) is 0 Å². The first kappa shape index (κ1) is 14.0. The van der Waals surface area contributed by atoms with Crippen molar-refractivity contribution in [3.63, 3.8) is 0 Å². The molecule has 0 amide bonds. The maximum Gasteiger partial charge on any atom is 0.574 e. The van der Waals surface area contributed by atoms with Crippen LogP contribution in [-0.2, 0) is 0 Å².